The molecule has 0 unspecified atom stereocenters. The van der Waals surface area contributed by atoms with Crippen molar-refractivity contribution in [2.75, 3.05) is 39.3 Å². The van der Waals surface area contributed by atoms with E-state index in [2.05, 4.69) is 21.0 Å². The highest BCUT2D eigenvalue weighted by Crippen LogP contribution is 2.14. The van der Waals surface area contributed by atoms with E-state index in [1.165, 1.54) is 22.9 Å². The fraction of sp³-hybridized carbons (Fsp3) is 0.500. The molecule has 2 amide bonds. The van der Waals surface area contributed by atoms with Crippen molar-refractivity contribution < 1.29 is 9.59 Å². The third kappa shape index (κ3) is 4.22. The van der Waals surface area contributed by atoms with E-state index in [0.29, 0.717) is 18.7 Å². The van der Waals surface area contributed by atoms with E-state index in [0.717, 1.165) is 45.6 Å². The summed E-state index contributed by atoms with van der Waals surface area (Å²) in [5.74, 6) is -0.0277. The number of rotatable bonds is 3. The van der Waals surface area contributed by atoms with E-state index in [1.807, 2.05) is 17.2 Å². The Hall–Kier alpha value is -2.74. The van der Waals surface area contributed by atoms with Crippen LogP contribution in [0, 0.1) is 0 Å². The fourth-order valence-corrected chi connectivity index (χ4v) is 3.81. The van der Waals surface area contributed by atoms with Crippen LogP contribution in [-0.4, -0.2) is 80.7 Å². The van der Waals surface area contributed by atoms with E-state index in [9.17, 15) is 9.59 Å². The highest BCUT2D eigenvalue weighted by molar-refractivity contribution is 5.94. The molecule has 0 saturated carbocycles. The Morgan fingerprint density at radius 1 is 0.929 bits per heavy atom. The maximum Gasteiger partial charge on any atom is 0.344 e. The molecule has 0 spiro atoms. The second-order valence-electron chi connectivity index (χ2n) is 7.43. The molecule has 0 radical (unpaired) electrons. The second-order valence-corrected chi connectivity index (χ2v) is 7.43. The number of carbonyl (C=O) groups is 2. The van der Waals surface area contributed by atoms with E-state index in [1.54, 1.807) is 17.3 Å². The number of carbonyl (C=O) groups excluding carboxylic acids is 2. The zero-order valence-electron chi connectivity index (χ0n) is 16.0. The first-order valence-electron chi connectivity index (χ1n) is 9.95. The first kappa shape index (κ1) is 18.6. The number of piperazine rings is 1. The van der Waals surface area contributed by atoms with Crippen LogP contribution < -0.4 is 0 Å². The quantitative estimate of drug-likeness (QED) is 0.808. The van der Waals surface area contributed by atoms with Gasteiger partial charge in [0.2, 0.25) is 0 Å². The van der Waals surface area contributed by atoms with E-state index in [-0.39, 0.29) is 11.9 Å². The molecule has 0 N–H and O–H groups in total. The molecule has 148 valence electrons. The molecule has 4 rings (SSSR count). The molecular formula is C20H26N6O2. The lowest BCUT2D eigenvalue weighted by Gasteiger charge is -2.34. The summed E-state index contributed by atoms with van der Waals surface area (Å²) >= 11 is 0. The molecule has 0 aromatic carbocycles. The van der Waals surface area contributed by atoms with Gasteiger partial charge in [0.05, 0.1) is 11.8 Å². The SMILES string of the molecule is O=C(c1cnn(C(=O)N2CCN(Cc3cccnc3)CC2)c1)N1CCCCC1. The third-order valence-electron chi connectivity index (χ3n) is 5.44. The Balaban J connectivity index is 1.32. The van der Waals surface area contributed by atoms with Crippen molar-refractivity contribution in [1.29, 1.82) is 0 Å². The van der Waals surface area contributed by atoms with Crippen LogP contribution in [0.15, 0.2) is 36.9 Å². The molecule has 8 nitrogen and oxygen atoms in total. The molecule has 0 atom stereocenters. The summed E-state index contributed by atoms with van der Waals surface area (Å²) in [5.41, 5.74) is 1.67. The maximum absolute atomic E-state index is 12.7. The normalized spacial score (nSPS) is 18.3. The van der Waals surface area contributed by atoms with Crippen LogP contribution in [0.4, 0.5) is 4.79 Å². The average molecular weight is 382 g/mol. The summed E-state index contributed by atoms with van der Waals surface area (Å²) in [7, 11) is 0. The van der Waals surface area contributed by atoms with Gasteiger partial charge in [0.25, 0.3) is 5.91 Å². The summed E-state index contributed by atoms with van der Waals surface area (Å²) in [4.78, 5) is 35.4. The molecule has 2 aromatic heterocycles. The van der Waals surface area contributed by atoms with Gasteiger partial charge in [-0.05, 0) is 30.9 Å². The van der Waals surface area contributed by atoms with Gasteiger partial charge < -0.3 is 9.80 Å². The Bertz CT molecular complexity index is 807. The van der Waals surface area contributed by atoms with Crippen molar-refractivity contribution in [3.8, 4) is 0 Å². The minimum Gasteiger partial charge on any atom is -0.339 e. The second kappa shape index (κ2) is 8.52. The molecular weight excluding hydrogens is 356 g/mol. The van der Waals surface area contributed by atoms with Gasteiger partial charge in [0.1, 0.15) is 0 Å². The van der Waals surface area contributed by atoms with Crippen LogP contribution in [0.2, 0.25) is 0 Å². The van der Waals surface area contributed by atoms with Crippen LogP contribution in [0.25, 0.3) is 0 Å². The van der Waals surface area contributed by atoms with Crippen LogP contribution in [-0.2, 0) is 6.54 Å². The van der Waals surface area contributed by atoms with Crippen molar-refractivity contribution >= 4 is 11.9 Å². The third-order valence-corrected chi connectivity index (χ3v) is 5.44. The molecule has 0 bridgehead atoms. The van der Waals surface area contributed by atoms with Crippen LogP contribution in [0.5, 0.6) is 0 Å². The van der Waals surface area contributed by atoms with E-state index >= 15 is 0 Å². The lowest BCUT2D eigenvalue weighted by molar-refractivity contribution is 0.0724. The summed E-state index contributed by atoms with van der Waals surface area (Å²) in [6.45, 7) is 5.32. The molecule has 2 aliphatic rings. The van der Waals surface area contributed by atoms with Gasteiger partial charge in [-0.2, -0.15) is 9.78 Å². The van der Waals surface area contributed by atoms with Gasteiger partial charge >= 0.3 is 6.03 Å². The van der Waals surface area contributed by atoms with Crippen molar-refractivity contribution in [3.63, 3.8) is 0 Å². The van der Waals surface area contributed by atoms with E-state index < -0.39 is 0 Å². The smallest absolute Gasteiger partial charge is 0.339 e. The standard InChI is InChI=1S/C20H26N6O2/c27-19(24-7-2-1-3-8-24)18-14-22-26(16-18)20(28)25-11-9-23(10-12-25)15-17-5-4-6-21-13-17/h4-6,13-14,16H,1-3,7-12,15H2. The number of amides is 2. The molecule has 8 heteroatoms. The van der Waals surface area contributed by atoms with Crippen molar-refractivity contribution in [3.05, 3.63) is 48.0 Å². The number of hydrogen-bond acceptors (Lipinski definition) is 5. The average Bonchev–Trinajstić information content (AvgIpc) is 3.25. The molecule has 0 aliphatic carbocycles. The monoisotopic (exact) mass is 382 g/mol. The van der Waals surface area contributed by atoms with Crippen molar-refractivity contribution in [2.24, 2.45) is 0 Å². The van der Waals surface area contributed by atoms with Gasteiger partial charge in [0.15, 0.2) is 0 Å². The van der Waals surface area contributed by atoms with Crippen LogP contribution in [0.3, 0.4) is 0 Å². The van der Waals surface area contributed by atoms with Crippen LogP contribution in [0.1, 0.15) is 35.2 Å². The van der Waals surface area contributed by atoms with E-state index in [4.69, 9.17) is 0 Å². The number of likely N-dealkylation sites (tertiary alicyclic amines) is 1. The number of piperidine rings is 1. The first-order chi connectivity index (χ1) is 13.7. The number of nitrogens with zero attached hydrogens (tertiary/aromatic N) is 6. The summed E-state index contributed by atoms with van der Waals surface area (Å²) in [6.07, 6.45) is 9.99. The van der Waals surface area contributed by atoms with Gasteiger partial charge in [-0.25, -0.2) is 4.79 Å². The topological polar surface area (TPSA) is 74.6 Å². The Kier molecular flexibility index (Phi) is 5.66. The molecule has 28 heavy (non-hydrogen) atoms. The predicted octanol–water partition coefficient (Wildman–Crippen LogP) is 1.69. The molecule has 2 saturated heterocycles. The lowest BCUT2D eigenvalue weighted by atomic mass is 10.1. The molecule has 4 heterocycles. The number of hydrogen-bond donors (Lipinski definition) is 0. The maximum atomic E-state index is 12.7. The Morgan fingerprint density at radius 3 is 2.43 bits per heavy atom. The Labute approximate surface area is 164 Å². The number of pyridine rings is 1. The van der Waals surface area contributed by atoms with Gasteiger partial charge in [0, 0.05) is 64.4 Å². The number of aromatic nitrogens is 3. The fourth-order valence-electron chi connectivity index (χ4n) is 3.81. The highest BCUT2D eigenvalue weighted by atomic mass is 16.2. The van der Waals surface area contributed by atoms with Gasteiger partial charge in [-0.15, -0.1) is 0 Å². The zero-order chi connectivity index (χ0) is 19.3. The molecule has 2 aromatic rings. The lowest BCUT2D eigenvalue weighted by Crippen LogP contribution is -2.49. The van der Waals surface area contributed by atoms with Gasteiger partial charge in [-0.1, -0.05) is 6.07 Å². The Morgan fingerprint density at radius 2 is 1.71 bits per heavy atom. The minimum atomic E-state index is -0.168. The first-order valence-corrected chi connectivity index (χ1v) is 9.95. The summed E-state index contributed by atoms with van der Waals surface area (Å²) in [6, 6.07) is 3.84. The predicted molar refractivity (Wildman–Crippen MR) is 104 cm³/mol. The highest BCUT2D eigenvalue weighted by Gasteiger charge is 2.25. The largest absolute Gasteiger partial charge is 0.344 e. The zero-order valence-corrected chi connectivity index (χ0v) is 16.0. The summed E-state index contributed by atoms with van der Waals surface area (Å²) in [5, 5.41) is 4.15. The summed E-state index contributed by atoms with van der Waals surface area (Å²) < 4.78 is 1.30. The molecule has 2 fully saturated rings. The van der Waals surface area contributed by atoms with Crippen molar-refractivity contribution in [1.82, 2.24) is 29.5 Å². The van der Waals surface area contributed by atoms with Gasteiger partial charge in [-0.3, -0.25) is 14.7 Å². The minimum absolute atomic E-state index is 0.0277. The molecule has 2 aliphatic heterocycles. The van der Waals surface area contributed by atoms with Crippen LogP contribution >= 0.6 is 0 Å². The van der Waals surface area contributed by atoms with Crippen molar-refractivity contribution in [2.45, 2.75) is 25.8 Å².